The monoisotopic (exact) mass is 343 g/mol. The predicted molar refractivity (Wildman–Crippen MR) is 96.3 cm³/mol. The van der Waals surface area contributed by atoms with Gasteiger partial charge in [-0.25, -0.2) is 9.37 Å². The number of aryl methyl sites for hydroxylation is 1. The highest BCUT2D eigenvalue weighted by Gasteiger charge is 2.14. The fourth-order valence-electron chi connectivity index (χ4n) is 2.71. The standard InChI is InChI=1S/C19H22FN3O2/c1-4-22(3)19-14(2)21-18-17(6-5-11-23(18)19)25-13-12-24-16-9-7-15(20)8-10-16/h5-11H,4,12-13H2,1-3H3. The number of hydrogen-bond acceptors (Lipinski definition) is 4. The Morgan fingerprint density at radius 2 is 1.84 bits per heavy atom. The minimum atomic E-state index is -0.280. The highest BCUT2D eigenvalue weighted by atomic mass is 19.1. The molecule has 0 unspecified atom stereocenters. The van der Waals surface area contributed by atoms with Crippen molar-refractivity contribution < 1.29 is 13.9 Å². The van der Waals surface area contributed by atoms with Crippen molar-refractivity contribution >= 4 is 11.5 Å². The lowest BCUT2D eigenvalue weighted by Crippen LogP contribution is -2.18. The van der Waals surface area contributed by atoms with Crippen molar-refractivity contribution in [2.45, 2.75) is 13.8 Å². The Labute approximate surface area is 146 Å². The SMILES string of the molecule is CCN(C)c1c(C)nc2c(OCCOc3ccc(F)cc3)cccn12. The van der Waals surface area contributed by atoms with E-state index in [2.05, 4.69) is 16.8 Å². The number of fused-ring (bicyclic) bond motifs is 1. The molecule has 3 aromatic rings. The van der Waals surface area contributed by atoms with E-state index in [1.165, 1.54) is 12.1 Å². The van der Waals surface area contributed by atoms with Crippen LogP contribution in [-0.2, 0) is 0 Å². The second kappa shape index (κ2) is 7.42. The zero-order chi connectivity index (χ0) is 17.8. The molecule has 5 nitrogen and oxygen atoms in total. The number of imidazole rings is 1. The van der Waals surface area contributed by atoms with Crippen molar-refractivity contribution in [1.29, 1.82) is 0 Å². The van der Waals surface area contributed by atoms with Crippen LogP contribution in [0.3, 0.4) is 0 Å². The summed E-state index contributed by atoms with van der Waals surface area (Å²) in [5, 5.41) is 0. The summed E-state index contributed by atoms with van der Waals surface area (Å²) in [6.45, 7) is 5.74. The smallest absolute Gasteiger partial charge is 0.181 e. The molecule has 2 heterocycles. The first kappa shape index (κ1) is 17.1. The van der Waals surface area contributed by atoms with Crippen LogP contribution in [0, 0.1) is 12.7 Å². The third-order valence-corrected chi connectivity index (χ3v) is 4.02. The number of pyridine rings is 1. The Balaban J connectivity index is 1.68. The molecule has 0 aliphatic rings. The number of anilines is 1. The Hall–Kier alpha value is -2.76. The molecule has 0 N–H and O–H groups in total. The topological polar surface area (TPSA) is 39.0 Å². The molecule has 0 aliphatic heterocycles. The van der Waals surface area contributed by atoms with E-state index in [1.54, 1.807) is 12.1 Å². The maximum Gasteiger partial charge on any atom is 0.181 e. The molecule has 6 heteroatoms. The lowest BCUT2D eigenvalue weighted by molar-refractivity contribution is 0.218. The number of nitrogens with zero attached hydrogens (tertiary/aromatic N) is 3. The molecule has 0 atom stereocenters. The van der Waals surface area contributed by atoms with Gasteiger partial charge in [0.05, 0.1) is 5.69 Å². The summed E-state index contributed by atoms with van der Waals surface area (Å²) in [5.74, 6) is 2.11. The second-order valence-electron chi connectivity index (χ2n) is 5.75. The van der Waals surface area contributed by atoms with Crippen molar-refractivity contribution in [2.24, 2.45) is 0 Å². The number of benzene rings is 1. The van der Waals surface area contributed by atoms with Gasteiger partial charge in [-0.3, -0.25) is 4.40 Å². The van der Waals surface area contributed by atoms with Crippen LogP contribution in [0.15, 0.2) is 42.6 Å². The first-order valence-corrected chi connectivity index (χ1v) is 8.30. The van der Waals surface area contributed by atoms with E-state index >= 15 is 0 Å². The van der Waals surface area contributed by atoms with Gasteiger partial charge in [0.1, 0.15) is 30.6 Å². The molecule has 1 aromatic carbocycles. The van der Waals surface area contributed by atoms with E-state index in [-0.39, 0.29) is 5.82 Å². The van der Waals surface area contributed by atoms with E-state index in [0.29, 0.717) is 24.7 Å². The van der Waals surface area contributed by atoms with E-state index in [0.717, 1.165) is 23.7 Å². The van der Waals surface area contributed by atoms with Crippen molar-refractivity contribution in [2.75, 3.05) is 31.7 Å². The number of rotatable bonds is 7. The first-order valence-electron chi connectivity index (χ1n) is 8.30. The molecule has 0 radical (unpaired) electrons. The van der Waals surface area contributed by atoms with Gasteiger partial charge >= 0.3 is 0 Å². The molecule has 0 aliphatic carbocycles. The molecule has 2 aromatic heterocycles. The quantitative estimate of drug-likeness (QED) is 0.613. The van der Waals surface area contributed by atoms with Crippen molar-refractivity contribution in [1.82, 2.24) is 9.38 Å². The molecule has 0 bridgehead atoms. The van der Waals surface area contributed by atoms with Crippen LogP contribution in [0.2, 0.25) is 0 Å². The first-order chi connectivity index (χ1) is 12.1. The van der Waals surface area contributed by atoms with E-state index < -0.39 is 0 Å². The van der Waals surface area contributed by atoms with Crippen LogP contribution in [0.5, 0.6) is 11.5 Å². The van der Waals surface area contributed by atoms with Crippen molar-refractivity contribution in [3.8, 4) is 11.5 Å². The predicted octanol–water partition coefficient (Wildman–Crippen LogP) is 3.70. The van der Waals surface area contributed by atoms with Gasteiger partial charge in [-0.2, -0.15) is 0 Å². The summed E-state index contributed by atoms with van der Waals surface area (Å²) >= 11 is 0. The fourth-order valence-corrected chi connectivity index (χ4v) is 2.71. The number of hydrogen-bond donors (Lipinski definition) is 0. The van der Waals surface area contributed by atoms with Gasteiger partial charge in [-0.15, -0.1) is 0 Å². The molecule has 0 spiro atoms. The highest BCUT2D eigenvalue weighted by Crippen LogP contribution is 2.26. The van der Waals surface area contributed by atoms with Crippen molar-refractivity contribution in [3.63, 3.8) is 0 Å². The van der Waals surface area contributed by atoms with E-state index in [1.807, 2.05) is 36.7 Å². The van der Waals surface area contributed by atoms with Gasteiger partial charge in [-0.1, -0.05) is 0 Å². The fraction of sp³-hybridized carbons (Fsp3) is 0.316. The van der Waals surface area contributed by atoms with Gasteiger partial charge in [0.2, 0.25) is 0 Å². The number of aromatic nitrogens is 2. The molecule has 132 valence electrons. The Morgan fingerprint density at radius 1 is 1.12 bits per heavy atom. The maximum atomic E-state index is 12.9. The lowest BCUT2D eigenvalue weighted by Gasteiger charge is -2.17. The molecule has 0 saturated heterocycles. The van der Waals surface area contributed by atoms with Gasteiger partial charge in [0, 0.05) is 19.8 Å². The van der Waals surface area contributed by atoms with Gasteiger partial charge in [0.25, 0.3) is 0 Å². The zero-order valence-corrected chi connectivity index (χ0v) is 14.7. The normalized spacial score (nSPS) is 10.9. The molecule has 3 rings (SSSR count). The molecule has 25 heavy (non-hydrogen) atoms. The molecule has 0 fully saturated rings. The summed E-state index contributed by atoms with van der Waals surface area (Å²) in [5.41, 5.74) is 1.75. The van der Waals surface area contributed by atoms with E-state index in [4.69, 9.17) is 9.47 Å². The minimum absolute atomic E-state index is 0.280. The summed E-state index contributed by atoms with van der Waals surface area (Å²) in [6.07, 6.45) is 1.98. The molecular weight excluding hydrogens is 321 g/mol. The average Bonchev–Trinajstić information content (AvgIpc) is 2.96. The van der Waals surface area contributed by atoms with Gasteiger partial charge in [0.15, 0.2) is 11.4 Å². The minimum Gasteiger partial charge on any atom is -0.490 e. The van der Waals surface area contributed by atoms with Crippen molar-refractivity contribution in [3.05, 3.63) is 54.1 Å². The third kappa shape index (κ3) is 3.68. The second-order valence-corrected chi connectivity index (χ2v) is 5.75. The third-order valence-electron chi connectivity index (χ3n) is 4.02. The number of halogens is 1. The average molecular weight is 343 g/mol. The highest BCUT2D eigenvalue weighted by molar-refractivity contribution is 5.63. The van der Waals surface area contributed by atoms with E-state index in [9.17, 15) is 4.39 Å². The molecule has 0 saturated carbocycles. The van der Waals surface area contributed by atoms with Crippen LogP contribution in [0.1, 0.15) is 12.6 Å². The lowest BCUT2D eigenvalue weighted by atomic mass is 10.3. The van der Waals surface area contributed by atoms with Crippen LogP contribution in [0.4, 0.5) is 10.2 Å². The van der Waals surface area contributed by atoms with Crippen LogP contribution in [0.25, 0.3) is 5.65 Å². The van der Waals surface area contributed by atoms with Crippen LogP contribution in [-0.4, -0.2) is 36.2 Å². The van der Waals surface area contributed by atoms with Crippen LogP contribution < -0.4 is 14.4 Å². The summed E-state index contributed by atoms with van der Waals surface area (Å²) in [4.78, 5) is 6.79. The summed E-state index contributed by atoms with van der Waals surface area (Å²) in [7, 11) is 2.04. The largest absolute Gasteiger partial charge is 0.490 e. The molecular formula is C19H22FN3O2. The van der Waals surface area contributed by atoms with Crippen LogP contribution >= 0.6 is 0 Å². The Bertz CT molecular complexity index is 846. The molecule has 0 amide bonds. The van der Waals surface area contributed by atoms with Gasteiger partial charge in [-0.05, 0) is 50.2 Å². The number of ether oxygens (including phenoxy) is 2. The Kier molecular flexibility index (Phi) is 5.07. The Morgan fingerprint density at radius 3 is 2.56 bits per heavy atom. The zero-order valence-electron chi connectivity index (χ0n) is 14.7. The summed E-state index contributed by atoms with van der Waals surface area (Å²) in [6, 6.07) is 9.78. The van der Waals surface area contributed by atoms with Gasteiger partial charge < -0.3 is 14.4 Å². The maximum absolute atomic E-state index is 12.9. The summed E-state index contributed by atoms with van der Waals surface area (Å²) < 4.78 is 26.3.